The zero-order valence-electron chi connectivity index (χ0n) is 22.9. The minimum Gasteiger partial charge on any atom is -0.506 e. The van der Waals surface area contributed by atoms with E-state index in [-0.39, 0.29) is 16.1 Å². The van der Waals surface area contributed by atoms with E-state index in [1.165, 1.54) is 38.5 Å². The molecule has 1 amide bonds. The van der Waals surface area contributed by atoms with Gasteiger partial charge in [0.05, 0.1) is 30.2 Å². The average molecular weight is 559 g/mol. The molecular formula is C28H34N2O8S. The number of hydrogen-bond donors (Lipinski definition) is 3. The van der Waals surface area contributed by atoms with E-state index in [4.69, 9.17) is 9.47 Å². The molecule has 11 heteroatoms. The number of unbranched alkanes of at least 4 members (excludes halogenated alkanes) is 1. The number of aromatic amines is 1. The third-order valence-electron chi connectivity index (χ3n) is 6.22. The molecule has 3 rings (SSSR count). The van der Waals surface area contributed by atoms with Gasteiger partial charge in [0, 0.05) is 16.9 Å². The maximum Gasteiger partial charge on any atom is 0.412 e. The summed E-state index contributed by atoms with van der Waals surface area (Å²) in [7, 11) is -1.68. The molecule has 0 radical (unpaired) electrons. The van der Waals surface area contributed by atoms with Gasteiger partial charge in [-0.05, 0) is 70.0 Å². The number of amides is 1. The fraction of sp³-hybridized carbons (Fsp3) is 0.357. The Labute approximate surface area is 227 Å². The zero-order valence-corrected chi connectivity index (χ0v) is 23.7. The molecule has 0 aliphatic rings. The van der Waals surface area contributed by atoms with Gasteiger partial charge in [0.15, 0.2) is 4.90 Å². The molecular weight excluding hydrogens is 524 g/mol. The Bertz CT molecular complexity index is 1500. The van der Waals surface area contributed by atoms with Gasteiger partial charge in [0.25, 0.3) is 5.56 Å². The smallest absolute Gasteiger partial charge is 0.412 e. The number of anilines is 1. The van der Waals surface area contributed by atoms with Crippen molar-refractivity contribution in [1.82, 2.24) is 4.98 Å². The molecule has 2 aromatic carbocycles. The molecule has 0 bridgehead atoms. The van der Waals surface area contributed by atoms with Gasteiger partial charge in [-0.25, -0.2) is 13.2 Å². The summed E-state index contributed by atoms with van der Waals surface area (Å²) >= 11 is 0. The monoisotopic (exact) mass is 558 g/mol. The molecule has 0 spiro atoms. The highest BCUT2D eigenvalue weighted by Crippen LogP contribution is 2.46. The Hall–Kier alpha value is -3.99. The van der Waals surface area contributed by atoms with E-state index in [0.717, 1.165) is 11.3 Å². The number of ether oxygens (including phenoxy) is 2. The third kappa shape index (κ3) is 5.73. The van der Waals surface area contributed by atoms with E-state index in [9.17, 15) is 28.2 Å². The highest BCUT2D eigenvalue weighted by Gasteiger charge is 2.33. The number of pyridine rings is 1. The molecule has 3 aromatic rings. The molecule has 0 aliphatic heterocycles. The summed E-state index contributed by atoms with van der Waals surface area (Å²) in [5.74, 6) is -0.0882. The lowest BCUT2D eigenvalue weighted by molar-refractivity contribution is 0.195. The lowest BCUT2D eigenvalue weighted by atomic mass is 9.98. The minimum atomic E-state index is -4.55. The second kappa shape index (κ2) is 11.4. The first-order valence-corrected chi connectivity index (χ1v) is 13.9. The fourth-order valence-electron chi connectivity index (χ4n) is 4.45. The van der Waals surface area contributed by atoms with Crippen LogP contribution in [0.4, 0.5) is 10.5 Å². The Balaban J connectivity index is 2.29. The molecule has 0 saturated heterocycles. The van der Waals surface area contributed by atoms with Gasteiger partial charge in [-0.2, -0.15) is 0 Å². The molecule has 3 N–H and O–H groups in total. The van der Waals surface area contributed by atoms with Crippen molar-refractivity contribution in [3.05, 3.63) is 58.5 Å². The van der Waals surface area contributed by atoms with E-state index in [2.05, 4.69) is 4.98 Å². The van der Waals surface area contributed by atoms with Crippen LogP contribution in [0.2, 0.25) is 0 Å². The maximum absolute atomic E-state index is 13.7. The molecule has 39 heavy (non-hydrogen) atoms. The number of nitrogens with one attached hydrogen (secondary N) is 1. The molecule has 0 saturated carbocycles. The van der Waals surface area contributed by atoms with Crippen LogP contribution in [-0.4, -0.2) is 49.5 Å². The third-order valence-corrected chi connectivity index (χ3v) is 8.03. The minimum absolute atomic E-state index is 0.0948. The summed E-state index contributed by atoms with van der Waals surface area (Å²) in [4.78, 5) is 27.7. The number of carboxylic acid groups (broad SMARTS) is 1. The van der Waals surface area contributed by atoms with Gasteiger partial charge < -0.3 is 24.7 Å². The van der Waals surface area contributed by atoms with E-state index >= 15 is 0 Å². The summed E-state index contributed by atoms with van der Waals surface area (Å²) in [6.07, 6.45) is 0.620. The number of aromatic nitrogens is 1. The van der Waals surface area contributed by atoms with Crippen molar-refractivity contribution in [2.45, 2.75) is 62.3 Å². The van der Waals surface area contributed by atoms with Gasteiger partial charge in [-0.1, -0.05) is 19.4 Å². The largest absolute Gasteiger partial charge is 0.506 e. The molecule has 210 valence electrons. The van der Waals surface area contributed by atoms with Crippen molar-refractivity contribution >= 4 is 21.6 Å². The SMILES string of the molecule is CCCCc1[nH]c(=O)c(S(=O)(=O)c2ccc(N(C(=O)O)C(C)(C)C)cc2)c(O)c1-c1c(OC)cccc1OC. The number of hydrogen-bond acceptors (Lipinski definition) is 7. The first-order valence-electron chi connectivity index (χ1n) is 12.4. The number of nitrogens with zero attached hydrogens (tertiary/aromatic N) is 1. The fourth-order valence-corrected chi connectivity index (χ4v) is 5.84. The molecule has 0 atom stereocenters. The van der Waals surface area contributed by atoms with Crippen LogP contribution in [0.25, 0.3) is 11.1 Å². The summed E-state index contributed by atoms with van der Waals surface area (Å²) in [5, 5.41) is 21.1. The number of H-pyrrole nitrogens is 1. The maximum atomic E-state index is 13.7. The van der Waals surface area contributed by atoms with Crippen LogP contribution in [0.3, 0.4) is 0 Å². The quantitative estimate of drug-likeness (QED) is 0.324. The normalized spacial score (nSPS) is 11.7. The van der Waals surface area contributed by atoms with Crippen molar-refractivity contribution in [3.63, 3.8) is 0 Å². The summed E-state index contributed by atoms with van der Waals surface area (Å²) < 4.78 is 38.5. The number of rotatable bonds is 9. The topological polar surface area (TPSA) is 146 Å². The lowest BCUT2D eigenvalue weighted by Crippen LogP contribution is -2.45. The van der Waals surface area contributed by atoms with Crippen molar-refractivity contribution in [2.75, 3.05) is 19.1 Å². The molecule has 0 fully saturated rings. The van der Waals surface area contributed by atoms with Gasteiger partial charge >= 0.3 is 6.09 Å². The van der Waals surface area contributed by atoms with Crippen LogP contribution >= 0.6 is 0 Å². The van der Waals surface area contributed by atoms with Gasteiger partial charge in [0.2, 0.25) is 9.84 Å². The second-order valence-corrected chi connectivity index (χ2v) is 11.8. The molecule has 10 nitrogen and oxygen atoms in total. The van der Waals surface area contributed by atoms with Gasteiger partial charge in [0.1, 0.15) is 17.2 Å². The predicted octanol–water partition coefficient (Wildman–Crippen LogP) is 5.22. The Kier molecular flexibility index (Phi) is 8.64. The molecule has 1 heterocycles. The number of aryl methyl sites for hydroxylation is 1. The molecule has 0 unspecified atom stereocenters. The van der Waals surface area contributed by atoms with E-state index < -0.39 is 37.7 Å². The Morgan fingerprint density at radius 2 is 1.56 bits per heavy atom. The first kappa shape index (κ1) is 29.6. The van der Waals surface area contributed by atoms with E-state index in [1.54, 1.807) is 39.0 Å². The summed E-state index contributed by atoms with van der Waals surface area (Å²) in [6, 6.07) is 10.1. The van der Waals surface area contributed by atoms with Crippen LogP contribution < -0.4 is 19.9 Å². The van der Waals surface area contributed by atoms with E-state index in [0.29, 0.717) is 35.6 Å². The van der Waals surface area contributed by atoms with Crippen LogP contribution in [0.15, 0.2) is 57.1 Å². The molecule has 1 aromatic heterocycles. The highest BCUT2D eigenvalue weighted by molar-refractivity contribution is 7.91. The van der Waals surface area contributed by atoms with Crippen molar-refractivity contribution in [1.29, 1.82) is 0 Å². The Morgan fingerprint density at radius 1 is 1.00 bits per heavy atom. The standard InChI is InChI=1S/C28H34N2O8S/c1-7-8-10-19-22(23-20(37-5)11-9-12-21(23)38-6)24(31)25(26(32)29-19)39(35,36)18-15-13-17(14-16-18)30(27(33)34)28(2,3)4/h9,11-16H,7-8,10H2,1-6H3,(H,33,34)(H2,29,31,32). The van der Waals surface area contributed by atoms with Crippen molar-refractivity contribution < 1.29 is 32.9 Å². The number of aromatic hydroxyl groups is 1. The van der Waals surface area contributed by atoms with E-state index in [1.807, 2.05) is 6.92 Å². The van der Waals surface area contributed by atoms with Crippen molar-refractivity contribution in [2.24, 2.45) is 0 Å². The van der Waals surface area contributed by atoms with Crippen molar-refractivity contribution in [3.8, 4) is 28.4 Å². The van der Waals surface area contributed by atoms with Gasteiger partial charge in [-0.15, -0.1) is 0 Å². The summed E-state index contributed by atoms with van der Waals surface area (Å²) in [6.45, 7) is 7.08. The molecule has 0 aliphatic carbocycles. The number of methoxy groups -OCH3 is 2. The summed E-state index contributed by atoms with van der Waals surface area (Å²) in [5.41, 5.74) is -0.769. The highest BCUT2D eigenvalue weighted by atomic mass is 32.2. The Morgan fingerprint density at radius 3 is 2.03 bits per heavy atom. The lowest BCUT2D eigenvalue weighted by Gasteiger charge is -2.33. The average Bonchev–Trinajstić information content (AvgIpc) is 2.86. The zero-order chi connectivity index (χ0) is 29.1. The number of sulfone groups is 1. The first-order chi connectivity index (χ1) is 18.3. The van der Waals surface area contributed by atoms with Crippen LogP contribution in [0, 0.1) is 0 Å². The van der Waals surface area contributed by atoms with Crippen LogP contribution in [0.5, 0.6) is 17.2 Å². The number of benzene rings is 2. The second-order valence-electron chi connectivity index (χ2n) is 9.91. The predicted molar refractivity (Wildman–Crippen MR) is 148 cm³/mol. The van der Waals surface area contributed by atoms with Crippen LogP contribution in [-0.2, 0) is 16.3 Å². The number of carbonyl (C=O) groups is 1. The van der Waals surface area contributed by atoms with Gasteiger partial charge in [-0.3, -0.25) is 9.69 Å². The van der Waals surface area contributed by atoms with Crippen LogP contribution in [0.1, 0.15) is 46.2 Å².